The first kappa shape index (κ1) is 14.8. The maximum atomic E-state index is 10.1. The highest BCUT2D eigenvalue weighted by Crippen LogP contribution is 2.35. The minimum absolute atomic E-state index is 0.0862. The van der Waals surface area contributed by atoms with Gasteiger partial charge in [-0.3, -0.25) is 0 Å². The second-order valence-corrected chi connectivity index (χ2v) is 4.37. The summed E-state index contributed by atoms with van der Waals surface area (Å²) in [4.78, 5) is 0. The molecule has 0 heterocycles. The Morgan fingerprint density at radius 2 is 1.48 bits per heavy atom. The van der Waals surface area contributed by atoms with Crippen LogP contribution >= 0.6 is 0 Å². The van der Waals surface area contributed by atoms with Crippen molar-refractivity contribution < 1.29 is 19.3 Å². The normalized spacial score (nSPS) is 10.6. The van der Waals surface area contributed by atoms with E-state index in [1.165, 1.54) is 7.11 Å². The highest BCUT2D eigenvalue weighted by molar-refractivity contribution is 5.75. The molecule has 4 heteroatoms. The molecule has 0 atom stereocenters. The molecule has 2 rings (SSSR count). The van der Waals surface area contributed by atoms with Gasteiger partial charge < -0.3 is 19.3 Å². The van der Waals surface area contributed by atoms with E-state index in [1.54, 1.807) is 26.4 Å². The second kappa shape index (κ2) is 6.70. The molecule has 0 spiro atoms. The molecular formula is C17H18O4. The Balaban J connectivity index is 2.30. The molecular weight excluding hydrogens is 268 g/mol. The Kier molecular flexibility index (Phi) is 4.72. The lowest BCUT2D eigenvalue weighted by atomic mass is 10.1. The number of phenols is 1. The van der Waals surface area contributed by atoms with Crippen molar-refractivity contribution in [2.45, 2.75) is 0 Å². The summed E-state index contributed by atoms with van der Waals surface area (Å²) in [6.07, 6.45) is 3.70. The summed E-state index contributed by atoms with van der Waals surface area (Å²) in [6, 6.07) is 11.0. The van der Waals surface area contributed by atoms with Crippen LogP contribution in [0.25, 0.3) is 12.2 Å². The molecule has 0 unspecified atom stereocenters. The number of methoxy groups -OCH3 is 3. The zero-order valence-electron chi connectivity index (χ0n) is 12.3. The van der Waals surface area contributed by atoms with Gasteiger partial charge in [-0.25, -0.2) is 0 Å². The van der Waals surface area contributed by atoms with Crippen LogP contribution in [0.5, 0.6) is 23.0 Å². The Labute approximate surface area is 124 Å². The van der Waals surface area contributed by atoms with Gasteiger partial charge in [0.05, 0.1) is 21.3 Å². The van der Waals surface area contributed by atoms with E-state index >= 15 is 0 Å². The Bertz CT molecular complexity index is 630. The average Bonchev–Trinajstić information content (AvgIpc) is 2.54. The molecule has 0 fully saturated rings. The van der Waals surface area contributed by atoms with Crippen molar-refractivity contribution >= 4 is 12.2 Å². The third kappa shape index (κ3) is 3.48. The third-order valence-corrected chi connectivity index (χ3v) is 3.10. The fourth-order valence-corrected chi connectivity index (χ4v) is 1.90. The first-order valence-corrected chi connectivity index (χ1v) is 6.45. The molecule has 21 heavy (non-hydrogen) atoms. The first-order valence-electron chi connectivity index (χ1n) is 6.45. The van der Waals surface area contributed by atoms with E-state index in [1.807, 2.05) is 36.4 Å². The molecule has 0 amide bonds. The van der Waals surface area contributed by atoms with Crippen LogP contribution in [0, 0.1) is 0 Å². The van der Waals surface area contributed by atoms with Gasteiger partial charge in [-0.05, 0) is 23.8 Å². The van der Waals surface area contributed by atoms with Crippen molar-refractivity contribution in [3.8, 4) is 23.0 Å². The van der Waals surface area contributed by atoms with E-state index in [2.05, 4.69) is 0 Å². The standard InChI is InChI=1S/C17H18O4/c1-19-14-8-5-12(6-9-14)4-7-13-10-15(20-2)11-16(21-3)17(13)18/h4-11,18H,1-3H3/b7-4-. The van der Waals surface area contributed by atoms with E-state index in [4.69, 9.17) is 14.2 Å². The fourth-order valence-electron chi connectivity index (χ4n) is 1.90. The molecule has 1 N–H and O–H groups in total. The lowest BCUT2D eigenvalue weighted by molar-refractivity contribution is 0.363. The Morgan fingerprint density at radius 1 is 0.810 bits per heavy atom. The van der Waals surface area contributed by atoms with Crippen molar-refractivity contribution in [1.29, 1.82) is 0 Å². The molecule has 110 valence electrons. The van der Waals surface area contributed by atoms with Gasteiger partial charge in [-0.1, -0.05) is 24.3 Å². The van der Waals surface area contributed by atoms with Gasteiger partial charge in [0.15, 0.2) is 11.5 Å². The minimum atomic E-state index is 0.0862. The molecule has 4 nitrogen and oxygen atoms in total. The highest BCUT2D eigenvalue weighted by atomic mass is 16.5. The van der Waals surface area contributed by atoms with Crippen LogP contribution in [0.15, 0.2) is 36.4 Å². The molecule has 0 aliphatic carbocycles. The summed E-state index contributed by atoms with van der Waals surface area (Å²) in [5.41, 5.74) is 1.62. The lowest BCUT2D eigenvalue weighted by Gasteiger charge is -2.09. The van der Waals surface area contributed by atoms with Gasteiger partial charge in [-0.15, -0.1) is 0 Å². The molecule has 2 aromatic rings. The van der Waals surface area contributed by atoms with Gasteiger partial charge >= 0.3 is 0 Å². The van der Waals surface area contributed by atoms with Crippen molar-refractivity contribution in [3.05, 3.63) is 47.5 Å². The number of hydrogen-bond donors (Lipinski definition) is 1. The number of benzene rings is 2. The average molecular weight is 286 g/mol. The largest absolute Gasteiger partial charge is 0.504 e. The lowest BCUT2D eigenvalue weighted by Crippen LogP contribution is -1.89. The molecule has 2 aromatic carbocycles. The minimum Gasteiger partial charge on any atom is -0.504 e. The SMILES string of the molecule is COc1ccc(/C=C\c2cc(OC)cc(OC)c2O)cc1. The third-order valence-electron chi connectivity index (χ3n) is 3.10. The van der Waals surface area contributed by atoms with Gasteiger partial charge in [-0.2, -0.15) is 0 Å². The number of rotatable bonds is 5. The van der Waals surface area contributed by atoms with Crippen LogP contribution in [-0.4, -0.2) is 26.4 Å². The molecule has 0 aromatic heterocycles. The summed E-state index contributed by atoms with van der Waals surface area (Å²) in [5, 5.41) is 10.1. The monoisotopic (exact) mass is 286 g/mol. The maximum Gasteiger partial charge on any atom is 0.165 e. The molecule has 0 bridgehead atoms. The zero-order chi connectivity index (χ0) is 15.2. The summed E-state index contributed by atoms with van der Waals surface area (Å²) < 4.78 is 15.4. The number of aromatic hydroxyl groups is 1. The quantitative estimate of drug-likeness (QED) is 0.853. The van der Waals surface area contributed by atoms with E-state index in [0.717, 1.165) is 11.3 Å². The van der Waals surface area contributed by atoms with Crippen LogP contribution < -0.4 is 14.2 Å². The summed E-state index contributed by atoms with van der Waals surface area (Å²) in [5.74, 6) is 1.89. The first-order chi connectivity index (χ1) is 10.2. The predicted molar refractivity (Wildman–Crippen MR) is 83.1 cm³/mol. The van der Waals surface area contributed by atoms with Crippen LogP contribution in [0.3, 0.4) is 0 Å². The predicted octanol–water partition coefficient (Wildman–Crippen LogP) is 3.59. The number of ether oxygens (including phenoxy) is 3. The summed E-state index contributed by atoms with van der Waals surface area (Å²) in [6.45, 7) is 0. The maximum absolute atomic E-state index is 10.1. The van der Waals surface area contributed by atoms with Crippen molar-refractivity contribution in [1.82, 2.24) is 0 Å². The molecule has 0 saturated carbocycles. The Hall–Kier alpha value is -2.62. The van der Waals surface area contributed by atoms with Gasteiger partial charge in [0.25, 0.3) is 0 Å². The molecule has 0 radical (unpaired) electrons. The van der Waals surface area contributed by atoms with Gasteiger partial charge in [0, 0.05) is 11.6 Å². The number of phenolic OH excluding ortho intramolecular Hbond substituents is 1. The van der Waals surface area contributed by atoms with E-state index in [-0.39, 0.29) is 5.75 Å². The summed E-state index contributed by atoms with van der Waals surface area (Å²) >= 11 is 0. The molecule has 0 aliphatic heterocycles. The smallest absolute Gasteiger partial charge is 0.165 e. The van der Waals surface area contributed by atoms with Crippen LogP contribution in [-0.2, 0) is 0 Å². The van der Waals surface area contributed by atoms with Gasteiger partial charge in [0.2, 0.25) is 0 Å². The Morgan fingerprint density at radius 3 is 2.05 bits per heavy atom. The molecule has 0 saturated heterocycles. The van der Waals surface area contributed by atoms with Crippen LogP contribution in [0.2, 0.25) is 0 Å². The van der Waals surface area contributed by atoms with Crippen LogP contribution in [0.1, 0.15) is 11.1 Å². The summed E-state index contributed by atoms with van der Waals surface area (Å²) in [7, 11) is 4.71. The van der Waals surface area contributed by atoms with E-state index in [0.29, 0.717) is 17.1 Å². The van der Waals surface area contributed by atoms with Crippen LogP contribution in [0.4, 0.5) is 0 Å². The van der Waals surface area contributed by atoms with Crippen molar-refractivity contribution in [2.24, 2.45) is 0 Å². The highest BCUT2D eigenvalue weighted by Gasteiger charge is 2.08. The topological polar surface area (TPSA) is 47.9 Å². The second-order valence-electron chi connectivity index (χ2n) is 4.37. The van der Waals surface area contributed by atoms with E-state index in [9.17, 15) is 5.11 Å². The fraction of sp³-hybridized carbons (Fsp3) is 0.176. The number of hydrogen-bond acceptors (Lipinski definition) is 4. The van der Waals surface area contributed by atoms with Crippen molar-refractivity contribution in [3.63, 3.8) is 0 Å². The van der Waals surface area contributed by atoms with Gasteiger partial charge in [0.1, 0.15) is 11.5 Å². The van der Waals surface area contributed by atoms with E-state index < -0.39 is 0 Å². The zero-order valence-corrected chi connectivity index (χ0v) is 12.3. The molecule has 0 aliphatic rings. The van der Waals surface area contributed by atoms with Crippen molar-refractivity contribution in [2.75, 3.05) is 21.3 Å².